The molecule has 3 rings (SSSR count). The Morgan fingerprint density at radius 1 is 1.12 bits per heavy atom. The first-order valence-electron chi connectivity index (χ1n) is 8.23. The molecule has 0 spiro atoms. The van der Waals surface area contributed by atoms with Crippen LogP contribution in [0, 0.1) is 0 Å². The Labute approximate surface area is 151 Å². The summed E-state index contributed by atoms with van der Waals surface area (Å²) in [5.74, 6) is 0.587. The van der Waals surface area contributed by atoms with Crippen molar-refractivity contribution in [2.24, 2.45) is 0 Å². The number of ether oxygens (including phenoxy) is 2. The van der Waals surface area contributed by atoms with Crippen LogP contribution in [-0.4, -0.2) is 22.5 Å². The second kappa shape index (κ2) is 8.11. The molecule has 0 radical (unpaired) electrons. The van der Waals surface area contributed by atoms with Crippen molar-refractivity contribution >= 4 is 11.9 Å². The Bertz CT molecular complexity index is 912. The molecule has 0 fully saturated rings. The van der Waals surface area contributed by atoms with E-state index in [9.17, 15) is 4.79 Å². The largest absolute Gasteiger partial charge is 0.489 e. The SMILES string of the molecule is CCOC(=O)c1cccc(COc2cccc(-c3ccnc(N)n3)c2)c1. The van der Waals surface area contributed by atoms with Crippen molar-refractivity contribution in [1.29, 1.82) is 0 Å². The molecule has 1 aromatic heterocycles. The number of anilines is 1. The molecule has 0 amide bonds. The number of rotatable bonds is 6. The lowest BCUT2D eigenvalue weighted by atomic mass is 10.1. The molecule has 0 saturated heterocycles. The van der Waals surface area contributed by atoms with E-state index >= 15 is 0 Å². The van der Waals surface area contributed by atoms with Crippen molar-refractivity contribution in [3.05, 3.63) is 71.9 Å². The predicted molar refractivity (Wildman–Crippen MR) is 98.6 cm³/mol. The molecular formula is C20H19N3O3. The van der Waals surface area contributed by atoms with Crippen LogP contribution in [0.5, 0.6) is 5.75 Å². The minimum atomic E-state index is -0.335. The van der Waals surface area contributed by atoms with E-state index in [0.29, 0.717) is 24.5 Å². The van der Waals surface area contributed by atoms with Gasteiger partial charge in [-0.05, 0) is 42.8 Å². The number of hydrogen-bond acceptors (Lipinski definition) is 6. The third-order valence-electron chi connectivity index (χ3n) is 3.65. The van der Waals surface area contributed by atoms with Gasteiger partial charge in [-0.2, -0.15) is 0 Å². The smallest absolute Gasteiger partial charge is 0.338 e. The van der Waals surface area contributed by atoms with Crippen molar-refractivity contribution < 1.29 is 14.3 Å². The fourth-order valence-electron chi connectivity index (χ4n) is 2.45. The van der Waals surface area contributed by atoms with Gasteiger partial charge < -0.3 is 15.2 Å². The maximum atomic E-state index is 11.8. The fraction of sp³-hybridized carbons (Fsp3) is 0.150. The molecule has 0 bridgehead atoms. The standard InChI is InChI=1S/C20H19N3O3/c1-2-25-19(24)16-7-3-5-14(11-16)13-26-17-8-4-6-15(12-17)18-9-10-22-20(21)23-18/h3-12H,2,13H2,1H3,(H2,21,22,23). The Balaban J connectivity index is 1.71. The lowest BCUT2D eigenvalue weighted by Crippen LogP contribution is -2.05. The number of benzene rings is 2. The monoisotopic (exact) mass is 349 g/mol. The van der Waals surface area contributed by atoms with Gasteiger partial charge in [-0.1, -0.05) is 24.3 Å². The van der Waals surface area contributed by atoms with Crippen molar-refractivity contribution in [1.82, 2.24) is 9.97 Å². The molecule has 2 aromatic carbocycles. The molecule has 0 atom stereocenters. The molecule has 6 nitrogen and oxygen atoms in total. The molecule has 6 heteroatoms. The van der Waals surface area contributed by atoms with Crippen LogP contribution >= 0.6 is 0 Å². The van der Waals surface area contributed by atoms with E-state index in [1.165, 1.54) is 0 Å². The minimum absolute atomic E-state index is 0.226. The van der Waals surface area contributed by atoms with Gasteiger partial charge in [0.2, 0.25) is 5.95 Å². The van der Waals surface area contributed by atoms with Crippen LogP contribution in [0.25, 0.3) is 11.3 Å². The van der Waals surface area contributed by atoms with Crippen LogP contribution in [0.4, 0.5) is 5.95 Å². The van der Waals surface area contributed by atoms with Gasteiger partial charge in [0.15, 0.2) is 0 Å². The fourth-order valence-corrected chi connectivity index (χ4v) is 2.45. The highest BCUT2D eigenvalue weighted by atomic mass is 16.5. The van der Waals surface area contributed by atoms with Crippen molar-refractivity contribution in [2.75, 3.05) is 12.3 Å². The normalized spacial score (nSPS) is 10.3. The molecule has 3 aromatic rings. The van der Waals surface area contributed by atoms with Crippen LogP contribution in [0.3, 0.4) is 0 Å². The zero-order valence-electron chi connectivity index (χ0n) is 14.4. The van der Waals surface area contributed by atoms with E-state index < -0.39 is 0 Å². The number of carbonyl (C=O) groups is 1. The number of nitrogens with zero attached hydrogens (tertiary/aromatic N) is 2. The molecular weight excluding hydrogens is 330 g/mol. The number of nitrogens with two attached hydrogens (primary N) is 1. The summed E-state index contributed by atoms with van der Waals surface area (Å²) in [4.78, 5) is 19.9. The summed E-state index contributed by atoms with van der Waals surface area (Å²) in [6.07, 6.45) is 1.62. The Morgan fingerprint density at radius 3 is 2.77 bits per heavy atom. The summed E-state index contributed by atoms with van der Waals surface area (Å²) >= 11 is 0. The summed E-state index contributed by atoms with van der Waals surface area (Å²) in [5, 5.41) is 0. The Kier molecular flexibility index (Phi) is 5.43. The minimum Gasteiger partial charge on any atom is -0.489 e. The van der Waals surface area contributed by atoms with Crippen molar-refractivity contribution in [2.45, 2.75) is 13.5 Å². The van der Waals surface area contributed by atoms with E-state index in [4.69, 9.17) is 15.2 Å². The first kappa shape index (κ1) is 17.4. The number of hydrogen-bond donors (Lipinski definition) is 1. The average molecular weight is 349 g/mol. The maximum Gasteiger partial charge on any atom is 0.338 e. The van der Waals surface area contributed by atoms with Crippen LogP contribution < -0.4 is 10.5 Å². The molecule has 1 heterocycles. The molecule has 132 valence electrons. The highest BCUT2D eigenvalue weighted by Gasteiger charge is 2.07. The van der Waals surface area contributed by atoms with E-state index in [-0.39, 0.29) is 11.9 Å². The van der Waals surface area contributed by atoms with Gasteiger partial charge in [0.1, 0.15) is 12.4 Å². The van der Waals surface area contributed by atoms with Crippen LogP contribution in [0.15, 0.2) is 60.8 Å². The molecule has 0 aliphatic rings. The Hall–Kier alpha value is -3.41. The summed E-state index contributed by atoms with van der Waals surface area (Å²) < 4.78 is 10.9. The lowest BCUT2D eigenvalue weighted by Gasteiger charge is -2.09. The Morgan fingerprint density at radius 2 is 1.96 bits per heavy atom. The molecule has 0 aliphatic carbocycles. The summed E-state index contributed by atoms with van der Waals surface area (Å²) in [6.45, 7) is 2.46. The first-order valence-corrected chi connectivity index (χ1v) is 8.23. The number of nitrogen functional groups attached to an aromatic ring is 1. The average Bonchev–Trinajstić information content (AvgIpc) is 2.67. The van der Waals surface area contributed by atoms with Gasteiger partial charge >= 0.3 is 5.97 Å². The van der Waals surface area contributed by atoms with E-state index in [0.717, 1.165) is 16.8 Å². The van der Waals surface area contributed by atoms with Crippen LogP contribution in [-0.2, 0) is 11.3 Å². The quantitative estimate of drug-likeness (QED) is 0.686. The molecule has 0 aliphatic heterocycles. The highest BCUT2D eigenvalue weighted by molar-refractivity contribution is 5.89. The van der Waals surface area contributed by atoms with Crippen LogP contribution in [0.2, 0.25) is 0 Å². The summed E-state index contributed by atoms with van der Waals surface area (Å²) in [5.41, 5.74) is 8.65. The summed E-state index contributed by atoms with van der Waals surface area (Å²) in [7, 11) is 0. The number of aromatic nitrogens is 2. The zero-order valence-corrected chi connectivity index (χ0v) is 14.4. The van der Waals surface area contributed by atoms with Gasteiger partial charge in [0.05, 0.1) is 17.9 Å². The highest BCUT2D eigenvalue weighted by Crippen LogP contribution is 2.23. The van der Waals surface area contributed by atoms with Crippen molar-refractivity contribution in [3.63, 3.8) is 0 Å². The third kappa shape index (κ3) is 4.36. The molecule has 2 N–H and O–H groups in total. The molecule has 0 unspecified atom stereocenters. The zero-order chi connectivity index (χ0) is 18.4. The third-order valence-corrected chi connectivity index (χ3v) is 3.65. The molecule has 0 saturated carbocycles. The predicted octanol–water partition coefficient (Wildman–Crippen LogP) is 3.48. The topological polar surface area (TPSA) is 87.3 Å². The van der Waals surface area contributed by atoms with Crippen LogP contribution in [0.1, 0.15) is 22.8 Å². The van der Waals surface area contributed by atoms with Gasteiger partial charge in [0.25, 0.3) is 0 Å². The number of carbonyl (C=O) groups excluding carboxylic acids is 1. The van der Waals surface area contributed by atoms with Gasteiger partial charge in [0, 0.05) is 11.8 Å². The number of esters is 1. The lowest BCUT2D eigenvalue weighted by molar-refractivity contribution is 0.0526. The van der Waals surface area contributed by atoms with E-state index in [1.54, 1.807) is 31.3 Å². The second-order valence-corrected chi connectivity index (χ2v) is 5.54. The summed E-state index contributed by atoms with van der Waals surface area (Å²) in [6, 6.07) is 16.6. The van der Waals surface area contributed by atoms with Gasteiger partial charge in [-0.3, -0.25) is 0 Å². The van der Waals surface area contributed by atoms with Gasteiger partial charge in [-0.15, -0.1) is 0 Å². The second-order valence-electron chi connectivity index (χ2n) is 5.54. The maximum absolute atomic E-state index is 11.8. The molecule has 26 heavy (non-hydrogen) atoms. The van der Waals surface area contributed by atoms with Gasteiger partial charge in [-0.25, -0.2) is 14.8 Å². The van der Waals surface area contributed by atoms with E-state index in [2.05, 4.69) is 9.97 Å². The first-order chi connectivity index (χ1) is 12.7. The van der Waals surface area contributed by atoms with Crippen molar-refractivity contribution in [3.8, 4) is 17.0 Å². The van der Waals surface area contributed by atoms with E-state index in [1.807, 2.05) is 36.4 Å².